The number of carbonyl (C=O) groups excluding carboxylic acids is 4. The quantitative estimate of drug-likeness (QED) is 0.145. The SMILES string of the molecule is C=C(C)C(=O)OCC(C)OCC(C)OCC(C)OC(=O)C(=C)C.C=C(C)C(=O)OCCC(C)OC(=O)C(=C)C. The minimum absolute atomic E-state index is 0.158. The zero-order valence-corrected chi connectivity index (χ0v) is 24.8. The predicted molar refractivity (Wildman–Crippen MR) is 148 cm³/mol. The maximum Gasteiger partial charge on any atom is 0.333 e. The topological polar surface area (TPSA) is 124 Å². The molecule has 0 spiro atoms. The molecular formula is C29H46O10. The summed E-state index contributed by atoms with van der Waals surface area (Å²) in [5.74, 6) is -1.73. The number of ether oxygens (including phenoxy) is 6. The molecule has 0 amide bonds. The van der Waals surface area contributed by atoms with Crippen molar-refractivity contribution in [3.63, 3.8) is 0 Å². The largest absolute Gasteiger partial charge is 0.462 e. The fourth-order valence-corrected chi connectivity index (χ4v) is 2.11. The van der Waals surface area contributed by atoms with E-state index in [2.05, 4.69) is 26.3 Å². The van der Waals surface area contributed by atoms with Gasteiger partial charge in [0.1, 0.15) is 18.8 Å². The molecule has 0 fully saturated rings. The third kappa shape index (κ3) is 21.4. The Hall–Kier alpha value is -3.24. The maximum atomic E-state index is 11.3. The second-order valence-electron chi connectivity index (χ2n) is 9.36. The lowest BCUT2D eigenvalue weighted by Crippen LogP contribution is -2.28. The highest BCUT2D eigenvalue weighted by atomic mass is 16.6. The van der Waals surface area contributed by atoms with Crippen LogP contribution in [0.5, 0.6) is 0 Å². The van der Waals surface area contributed by atoms with Gasteiger partial charge < -0.3 is 28.4 Å². The summed E-state index contributed by atoms with van der Waals surface area (Å²) in [5, 5.41) is 0. The molecular weight excluding hydrogens is 508 g/mol. The van der Waals surface area contributed by atoms with E-state index in [1.807, 2.05) is 6.92 Å². The van der Waals surface area contributed by atoms with Crippen molar-refractivity contribution in [1.82, 2.24) is 0 Å². The van der Waals surface area contributed by atoms with E-state index in [1.54, 1.807) is 48.5 Å². The van der Waals surface area contributed by atoms with E-state index in [-0.39, 0.29) is 44.2 Å². The molecule has 0 saturated carbocycles. The maximum absolute atomic E-state index is 11.3. The second-order valence-corrected chi connectivity index (χ2v) is 9.36. The first-order chi connectivity index (χ1) is 18.0. The van der Waals surface area contributed by atoms with Crippen molar-refractivity contribution in [3.8, 4) is 0 Å². The summed E-state index contributed by atoms with van der Waals surface area (Å²) in [6.45, 7) is 28.4. The molecule has 10 nitrogen and oxygen atoms in total. The molecule has 0 saturated heterocycles. The van der Waals surface area contributed by atoms with Crippen molar-refractivity contribution < 1.29 is 47.6 Å². The van der Waals surface area contributed by atoms with Crippen LogP contribution in [0.3, 0.4) is 0 Å². The van der Waals surface area contributed by atoms with E-state index in [9.17, 15) is 19.2 Å². The van der Waals surface area contributed by atoms with Gasteiger partial charge in [-0.05, 0) is 55.4 Å². The summed E-state index contributed by atoms with van der Waals surface area (Å²) < 4.78 is 31.0. The van der Waals surface area contributed by atoms with Gasteiger partial charge in [-0.3, -0.25) is 0 Å². The molecule has 0 bridgehead atoms. The number of esters is 4. The van der Waals surface area contributed by atoms with E-state index in [0.717, 1.165) is 0 Å². The summed E-state index contributed by atoms with van der Waals surface area (Å²) in [7, 11) is 0. The monoisotopic (exact) mass is 554 g/mol. The first-order valence-electron chi connectivity index (χ1n) is 12.6. The van der Waals surface area contributed by atoms with E-state index < -0.39 is 23.9 Å². The number of hydrogen-bond donors (Lipinski definition) is 0. The smallest absolute Gasteiger partial charge is 0.333 e. The zero-order chi connectivity index (χ0) is 30.7. The van der Waals surface area contributed by atoms with Crippen LogP contribution in [0.15, 0.2) is 48.6 Å². The van der Waals surface area contributed by atoms with Crippen LogP contribution in [0.25, 0.3) is 0 Å². The molecule has 0 rings (SSSR count). The Bertz CT molecular complexity index is 873. The molecule has 4 unspecified atom stereocenters. The Morgan fingerprint density at radius 3 is 1.31 bits per heavy atom. The molecule has 0 aliphatic heterocycles. The van der Waals surface area contributed by atoms with Gasteiger partial charge >= 0.3 is 23.9 Å². The molecule has 0 radical (unpaired) electrons. The molecule has 0 heterocycles. The Labute approximate surface area is 233 Å². The minimum atomic E-state index is -0.432. The van der Waals surface area contributed by atoms with Gasteiger partial charge in [-0.2, -0.15) is 0 Å². The lowest BCUT2D eigenvalue weighted by atomic mass is 10.3. The van der Waals surface area contributed by atoms with Crippen molar-refractivity contribution in [2.75, 3.05) is 26.4 Å². The predicted octanol–water partition coefficient (Wildman–Crippen LogP) is 4.43. The van der Waals surface area contributed by atoms with Crippen LogP contribution < -0.4 is 0 Å². The molecule has 0 aliphatic carbocycles. The minimum Gasteiger partial charge on any atom is -0.462 e. The van der Waals surface area contributed by atoms with Crippen LogP contribution in [0.2, 0.25) is 0 Å². The van der Waals surface area contributed by atoms with Crippen molar-refractivity contribution in [2.45, 2.75) is 86.2 Å². The summed E-state index contributed by atoms with van der Waals surface area (Å²) in [4.78, 5) is 44.7. The van der Waals surface area contributed by atoms with Crippen LogP contribution in [0, 0.1) is 0 Å². The lowest BCUT2D eigenvalue weighted by molar-refractivity contribution is -0.150. The highest BCUT2D eigenvalue weighted by molar-refractivity contribution is 5.88. The first kappa shape index (κ1) is 37.9. The number of hydrogen-bond acceptors (Lipinski definition) is 10. The summed E-state index contributed by atoms with van der Waals surface area (Å²) in [6.07, 6.45) is -0.640. The summed E-state index contributed by atoms with van der Waals surface area (Å²) >= 11 is 0. The Morgan fingerprint density at radius 1 is 0.513 bits per heavy atom. The van der Waals surface area contributed by atoms with Crippen LogP contribution >= 0.6 is 0 Å². The molecule has 0 aromatic heterocycles. The van der Waals surface area contributed by atoms with Gasteiger partial charge in [-0.1, -0.05) is 26.3 Å². The van der Waals surface area contributed by atoms with E-state index >= 15 is 0 Å². The Balaban J connectivity index is 0. The highest BCUT2D eigenvalue weighted by Gasteiger charge is 2.14. The van der Waals surface area contributed by atoms with Gasteiger partial charge in [0.2, 0.25) is 0 Å². The van der Waals surface area contributed by atoms with Crippen molar-refractivity contribution >= 4 is 23.9 Å². The van der Waals surface area contributed by atoms with Crippen molar-refractivity contribution in [2.24, 2.45) is 0 Å². The van der Waals surface area contributed by atoms with E-state index in [0.29, 0.717) is 35.3 Å². The normalized spacial score (nSPS) is 13.2. The standard InChI is InChI=1S/C17H28O6.C12H18O4/c1-11(2)16(18)22-9-14(6)20-8-13(5)21-10-15(7)23-17(19)12(3)4;1-8(2)11(13)15-7-6-10(5)16-12(14)9(3)4/h13-15H,1,3,8-10H2,2,4-7H3;10H,1,3,6-7H2,2,4-5H3. The molecule has 0 aliphatic rings. The van der Waals surface area contributed by atoms with Crippen molar-refractivity contribution in [1.29, 1.82) is 0 Å². The molecule has 0 aromatic rings. The average Bonchev–Trinajstić information content (AvgIpc) is 2.84. The van der Waals surface area contributed by atoms with Crippen LogP contribution in [0.1, 0.15) is 61.8 Å². The Kier molecular flexibility index (Phi) is 20.1. The van der Waals surface area contributed by atoms with E-state index in [1.165, 1.54) is 0 Å². The molecule has 0 N–H and O–H groups in total. The van der Waals surface area contributed by atoms with Gasteiger partial charge in [0.15, 0.2) is 0 Å². The van der Waals surface area contributed by atoms with Gasteiger partial charge in [0, 0.05) is 28.7 Å². The number of carbonyl (C=O) groups is 4. The molecule has 39 heavy (non-hydrogen) atoms. The van der Waals surface area contributed by atoms with Crippen molar-refractivity contribution in [3.05, 3.63) is 48.6 Å². The zero-order valence-electron chi connectivity index (χ0n) is 24.8. The summed E-state index contributed by atoms with van der Waals surface area (Å²) in [6, 6.07) is 0. The third-order valence-corrected chi connectivity index (χ3v) is 4.45. The van der Waals surface area contributed by atoms with Gasteiger partial charge in [-0.15, -0.1) is 0 Å². The summed E-state index contributed by atoms with van der Waals surface area (Å²) in [5.41, 5.74) is 1.41. The molecule has 222 valence electrons. The second kappa shape index (κ2) is 20.7. The van der Waals surface area contributed by atoms with Gasteiger partial charge in [-0.25, -0.2) is 19.2 Å². The van der Waals surface area contributed by atoms with Gasteiger partial charge in [0.25, 0.3) is 0 Å². The molecule has 4 atom stereocenters. The van der Waals surface area contributed by atoms with Crippen LogP contribution in [-0.4, -0.2) is 74.7 Å². The highest BCUT2D eigenvalue weighted by Crippen LogP contribution is 2.05. The molecule has 10 heteroatoms. The van der Waals surface area contributed by atoms with Gasteiger partial charge in [0.05, 0.1) is 32.0 Å². The Morgan fingerprint density at radius 2 is 0.872 bits per heavy atom. The first-order valence-corrected chi connectivity index (χ1v) is 12.6. The lowest BCUT2D eigenvalue weighted by Gasteiger charge is -2.20. The fraction of sp³-hybridized carbons (Fsp3) is 0.586. The van der Waals surface area contributed by atoms with Crippen LogP contribution in [0.4, 0.5) is 0 Å². The average molecular weight is 555 g/mol. The van der Waals surface area contributed by atoms with E-state index in [4.69, 9.17) is 28.4 Å². The fourth-order valence-electron chi connectivity index (χ4n) is 2.11. The third-order valence-electron chi connectivity index (χ3n) is 4.45. The number of rotatable bonds is 17. The molecule has 0 aromatic carbocycles. The van der Waals surface area contributed by atoms with Crippen LogP contribution in [-0.2, 0) is 47.6 Å².